The molecule has 1 aliphatic rings. The summed E-state index contributed by atoms with van der Waals surface area (Å²) in [6.45, 7) is 2.60. The molecule has 0 atom stereocenters. The van der Waals surface area contributed by atoms with Crippen LogP contribution in [0.15, 0.2) is 42.6 Å². The number of aromatic nitrogens is 2. The molecule has 0 spiro atoms. The predicted octanol–water partition coefficient (Wildman–Crippen LogP) is 3.36. The first-order chi connectivity index (χ1) is 14.9. The molecule has 1 aliphatic heterocycles. The van der Waals surface area contributed by atoms with Gasteiger partial charge in [0.25, 0.3) is 5.91 Å². The molecule has 0 radical (unpaired) electrons. The zero-order chi connectivity index (χ0) is 21.7. The van der Waals surface area contributed by atoms with Gasteiger partial charge in [0.1, 0.15) is 11.5 Å². The SMILES string of the molecule is CNC(=O)n1c(C)cc2cc(Oc3ccnc4cc(C(=O)N5CC(O)C5)sc34)ccc21. The summed E-state index contributed by atoms with van der Waals surface area (Å²) in [5.41, 5.74) is 2.31. The van der Waals surface area contributed by atoms with Crippen LogP contribution in [0.4, 0.5) is 4.79 Å². The molecule has 0 unspecified atom stereocenters. The lowest BCUT2D eigenvalue weighted by Gasteiger charge is -2.35. The monoisotopic (exact) mass is 436 g/mol. The molecule has 0 saturated carbocycles. The van der Waals surface area contributed by atoms with Gasteiger partial charge in [-0.2, -0.15) is 0 Å². The smallest absolute Gasteiger partial charge is 0.325 e. The van der Waals surface area contributed by atoms with Crippen molar-refractivity contribution in [1.29, 1.82) is 0 Å². The van der Waals surface area contributed by atoms with Gasteiger partial charge >= 0.3 is 6.03 Å². The number of aryl methyl sites for hydroxylation is 1. The van der Waals surface area contributed by atoms with Crippen molar-refractivity contribution < 1.29 is 19.4 Å². The molecule has 2 N–H and O–H groups in total. The number of nitrogens with one attached hydrogen (secondary N) is 1. The molecule has 158 valence electrons. The fourth-order valence-electron chi connectivity index (χ4n) is 3.78. The molecule has 1 aromatic carbocycles. The number of amides is 2. The second-order valence-corrected chi connectivity index (χ2v) is 8.55. The van der Waals surface area contributed by atoms with Crippen LogP contribution in [0, 0.1) is 6.92 Å². The summed E-state index contributed by atoms with van der Waals surface area (Å²) in [5.74, 6) is 1.13. The number of nitrogens with zero attached hydrogens (tertiary/aromatic N) is 3. The summed E-state index contributed by atoms with van der Waals surface area (Å²) in [5, 5.41) is 13.0. The molecule has 1 saturated heterocycles. The Balaban J connectivity index is 1.47. The third-order valence-electron chi connectivity index (χ3n) is 5.34. The van der Waals surface area contributed by atoms with Crippen LogP contribution in [0.3, 0.4) is 0 Å². The maximum absolute atomic E-state index is 12.6. The van der Waals surface area contributed by atoms with E-state index in [1.165, 1.54) is 11.3 Å². The first-order valence-electron chi connectivity index (χ1n) is 9.82. The second-order valence-electron chi connectivity index (χ2n) is 7.50. The molecule has 5 rings (SSSR count). The molecule has 2 amide bonds. The number of carbonyl (C=O) groups is 2. The number of hydrogen-bond donors (Lipinski definition) is 2. The van der Waals surface area contributed by atoms with Gasteiger partial charge in [-0.25, -0.2) is 4.79 Å². The molecule has 4 heterocycles. The Hall–Kier alpha value is -3.43. The van der Waals surface area contributed by atoms with Crippen LogP contribution in [-0.4, -0.2) is 57.7 Å². The first kappa shape index (κ1) is 19.5. The molecule has 9 heteroatoms. The van der Waals surface area contributed by atoms with Gasteiger partial charge in [0, 0.05) is 43.5 Å². The number of likely N-dealkylation sites (tertiary alicyclic amines) is 1. The highest BCUT2D eigenvalue weighted by molar-refractivity contribution is 7.21. The molecule has 0 aliphatic carbocycles. The van der Waals surface area contributed by atoms with Crippen LogP contribution in [0.2, 0.25) is 0 Å². The standard InChI is InChI=1S/C22H20N4O4S/c1-12-7-13-8-15(3-4-17(13)26(12)22(29)23-2)30-18-5-6-24-16-9-19(31-20(16)18)21(28)25-10-14(27)11-25/h3-9,14,27H,10-11H2,1-2H3,(H,23,29). The van der Waals surface area contributed by atoms with E-state index in [9.17, 15) is 14.7 Å². The van der Waals surface area contributed by atoms with Gasteiger partial charge in [-0.1, -0.05) is 0 Å². The quantitative estimate of drug-likeness (QED) is 0.513. The van der Waals surface area contributed by atoms with Crippen LogP contribution < -0.4 is 10.1 Å². The number of β-amino-alcohol motifs (C(OH)–C–C–N with tert-alkyl or cyclic N) is 1. The van der Waals surface area contributed by atoms with Crippen LogP contribution in [0.1, 0.15) is 15.4 Å². The lowest BCUT2D eigenvalue weighted by Crippen LogP contribution is -2.53. The lowest BCUT2D eigenvalue weighted by molar-refractivity contribution is 0.00623. The highest BCUT2D eigenvalue weighted by Crippen LogP contribution is 2.36. The summed E-state index contributed by atoms with van der Waals surface area (Å²) < 4.78 is 8.54. The summed E-state index contributed by atoms with van der Waals surface area (Å²) in [6.07, 6.45) is 1.21. The number of ether oxygens (including phenoxy) is 1. The third kappa shape index (κ3) is 3.31. The highest BCUT2D eigenvalue weighted by Gasteiger charge is 2.30. The first-order valence-corrected chi connectivity index (χ1v) is 10.6. The number of rotatable bonds is 3. The molecule has 3 aromatic heterocycles. The van der Waals surface area contributed by atoms with E-state index in [2.05, 4.69) is 10.3 Å². The van der Waals surface area contributed by atoms with E-state index < -0.39 is 6.10 Å². The highest BCUT2D eigenvalue weighted by atomic mass is 32.1. The number of benzene rings is 1. The van der Waals surface area contributed by atoms with E-state index in [0.717, 1.165) is 21.3 Å². The van der Waals surface area contributed by atoms with Crippen molar-refractivity contribution in [3.63, 3.8) is 0 Å². The number of aliphatic hydroxyl groups excluding tert-OH is 1. The van der Waals surface area contributed by atoms with Crippen molar-refractivity contribution in [2.45, 2.75) is 13.0 Å². The fourth-order valence-corrected chi connectivity index (χ4v) is 4.81. The minimum atomic E-state index is -0.438. The molecule has 8 nitrogen and oxygen atoms in total. The molecule has 0 bridgehead atoms. The zero-order valence-electron chi connectivity index (χ0n) is 17.0. The van der Waals surface area contributed by atoms with Crippen molar-refractivity contribution in [2.75, 3.05) is 20.1 Å². The Morgan fingerprint density at radius 1 is 1.23 bits per heavy atom. The minimum absolute atomic E-state index is 0.105. The summed E-state index contributed by atoms with van der Waals surface area (Å²) >= 11 is 1.33. The Bertz CT molecular complexity index is 1340. The van der Waals surface area contributed by atoms with Gasteiger partial charge in [0.2, 0.25) is 0 Å². The van der Waals surface area contributed by atoms with Crippen LogP contribution in [0.25, 0.3) is 21.1 Å². The van der Waals surface area contributed by atoms with Gasteiger partial charge in [0.15, 0.2) is 0 Å². The maximum atomic E-state index is 12.6. The summed E-state index contributed by atoms with van der Waals surface area (Å²) in [7, 11) is 1.60. The van der Waals surface area contributed by atoms with E-state index in [-0.39, 0.29) is 11.9 Å². The van der Waals surface area contributed by atoms with E-state index in [1.54, 1.807) is 34.8 Å². The van der Waals surface area contributed by atoms with Crippen molar-refractivity contribution in [3.8, 4) is 11.5 Å². The van der Waals surface area contributed by atoms with Crippen LogP contribution in [0.5, 0.6) is 11.5 Å². The normalized spacial score (nSPS) is 14.1. The Labute approximate surface area is 181 Å². The number of pyridine rings is 1. The van der Waals surface area contributed by atoms with E-state index in [4.69, 9.17) is 4.74 Å². The van der Waals surface area contributed by atoms with Gasteiger partial charge in [-0.15, -0.1) is 11.3 Å². The van der Waals surface area contributed by atoms with Gasteiger partial charge in [-0.05, 0) is 37.3 Å². The van der Waals surface area contributed by atoms with E-state index >= 15 is 0 Å². The van der Waals surface area contributed by atoms with Crippen LogP contribution in [-0.2, 0) is 0 Å². The number of hydrogen-bond acceptors (Lipinski definition) is 6. The zero-order valence-corrected chi connectivity index (χ0v) is 17.8. The Kier molecular flexibility index (Phi) is 4.64. The average molecular weight is 436 g/mol. The van der Waals surface area contributed by atoms with E-state index in [0.29, 0.717) is 35.0 Å². The maximum Gasteiger partial charge on any atom is 0.325 e. The molecular formula is C22H20N4O4S. The largest absolute Gasteiger partial charge is 0.456 e. The number of thiophene rings is 1. The number of aliphatic hydroxyl groups is 1. The topological polar surface area (TPSA) is 96.7 Å². The Morgan fingerprint density at radius 2 is 2.03 bits per heavy atom. The summed E-state index contributed by atoms with van der Waals surface area (Å²) in [6, 6.07) is 10.8. The predicted molar refractivity (Wildman–Crippen MR) is 118 cm³/mol. The van der Waals surface area contributed by atoms with Crippen LogP contribution >= 0.6 is 11.3 Å². The molecule has 31 heavy (non-hydrogen) atoms. The molecule has 4 aromatic rings. The van der Waals surface area contributed by atoms with Gasteiger partial charge in [0.05, 0.1) is 26.7 Å². The van der Waals surface area contributed by atoms with Crippen molar-refractivity contribution in [3.05, 3.63) is 53.2 Å². The number of carbonyl (C=O) groups excluding carboxylic acids is 2. The average Bonchev–Trinajstić information content (AvgIpc) is 3.31. The van der Waals surface area contributed by atoms with Crippen molar-refractivity contribution in [1.82, 2.24) is 19.8 Å². The van der Waals surface area contributed by atoms with Gasteiger partial charge < -0.3 is 20.1 Å². The van der Waals surface area contributed by atoms with Crippen molar-refractivity contribution >= 4 is 44.4 Å². The molecular weight excluding hydrogens is 416 g/mol. The second kappa shape index (κ2) is 7.36. The van der Waals surface area contributed by atoms with E-state index in [1.807, 2.05) is 31.2 Å². The summed E-state index contributed by atoms with van der Waals surface area (Å²) in [4.78, 5) is 31.3. The third-order valence-corrected chi connectivity index (χ3v) is 6.46. The van der Waals surface area contributed by atoms with Crippen molar-refractivity contribution in [2.24, 2.45) is 0 Å². The fraction of sp³-hybridized carbons (Fsp3) is 0.227. The number of fused-ring (bicyclic) bond motifs is 2. The lowest BCUT2D eigenvalue weighted by atomic mass is 10.1. The van der Waals surface area contributed by atoms with Gasteiger partial charge in [-0.3, -0.25) is 14.3 Å². The minimum Gasteiger partial charge on any atom is -0.456 e. The molecule has 1 fully saturated rings. The Morgan fingerprint density at radius 3 is 2.77 bits per heavy atom.